The summed E-state index contributed by atoms with van der Waals surface area (Å²) in [5, 5.41) is 4.27. The van der Waals surface area contributed by atoms with E-state index in [1.54, 1.807) is 12.1 Å². The molecular formula is C17H20N2O2. The first-order valence-corrected chi connectivity index (χ1v) is 7.43. The maximum absolute atomic E-state index is 12.0. The fourth-order valence-electron chi connectivity index (χ4n) is 2.81. The quantitative estimate of drug-likeness (QED) is 0.682. The number of allylic oxidation sites excluding steroid dienone is 2. The third kappa shape index (κ3) is 2.99. The van der Waals surface area contributed by atoms with Crippen molar-refractivity contribution in [1.29, 1.82) is 0 Å². The van der Waals surface area contributed by atoms with Crippen LogP contribution in [0.15, 0.2) is 41.5 Å². The average Bonchev–Trinajstić information content (AvgIpc) is 2.80. The molecule has 0 aliphatic heterocycles. The number of hydrazone groups is 1. The molecule has 2 aliphatic rings. The van der Waals surface area contributed by atoms with Crippen molar-refractivity contribution >= 4 is 11.6 Å². The number of carbonyl (C=O) groups is 1. The number of fused-ring (bicyclic) bond motifs is 1. The topological polar surface area (TPSA) is 50.7 Å². The smallest absolute Gasteiger partial charge is 0.271 e. The van der Waals surface area contributed by atoms with Gasteiger partial charge in [-0.1, -0.05) is 12.2 Å². The zero-order chi connectivity index (χ0) is 14.8. The van der Waals surface area contributed by atoms with Crippen molar-refractivity contribution in [2.75, 3.05) is 0 Å². The van der Waals surface area contributed by atoms with E-state index in [4.69, 9.17) is 4.74 Å². The van der Waals surface area contributed by atoms with Crippen molar-refractivity contribution in [2.45, 2.75) is 32.8 Å². The lowest BCUT2D eigenvalue weighted by Gasteiger charge is -2.31. The second kappa shape index (κ2) is 5.72. The van der Waals surface area contributed by atoms with Crippen molar-refractivity contribution in [3.05, 3.63) is 42.0 Å². The van der Waals surface area contributed by atoms with Gasteiger partial charge in [-0.05, 0) is 56.9 Å². The first-order valence-electron chi connectivity index (χ1n) is 7.43. The maximum Gasteiger partial charge on any atom is 0.271 e. The Bertz CT molecular complexity index is 587. The average molecular weight is 284 g/mol. The molecule has 1 N–H and O–H groups in total. The molecule has 1 amide bonds. The molecule has 0 bridgehead atoms. The van der Waals surface area contributed by atoms with Crippen molar-refractivity contribution in [3.8, 4) is 5.75 Å². The van der Waals surface area contributed by atoms with Crippen LogP contribution in [0.1, 0.15) is 37.0 Å². The molecule has 3 rings (SSSR count). The minimum Gasteiger partial charge on any atom is -0.491 e. The minimum absolute atomic E-state index is 0.127. The van der Waals surface area contributed by atoms with Gasteiger partial charge < -0.3 is 4.74 Å². The summed E-state index contributed by atoms with van der Waals surface area (Å²) in [5.41, 5.74) is 4.36. The van der Waals surface area contributed by atoms with E-state index in [-0.39, 0.29) is 12.0 Å². The zero-order valence-corrected chi connectivity index (χ0v) is 12.4. The SMILES string of the molecule is CC(C)Oc1ccc(C(=O)N/N=C2/C[C@H]3C=CC[C@H]23)cc1. The van der Waals surface area contributed by atoms with Gasteiger partial charge in [0.15, 0.2) is 0 Å². The van der Waals surface area contributed by atoms with Crippen molar-refractivity contribution in [3.63, 3.8) is 0 Å². The van der Waals surface area contributed by atoms with Crippen LogP contribution in [0, 0.1) is 11.8 Å². The van der Waals surface area contributed by atoms with Crippen LogP contribution in [-0.4, -0.2) is 17.7 Å². The van der Waals surface area contributed by atoms with Crippen molar-refractivity contribution < 1.29 is 9.53 Å². The van der Waals surface area contributed by atoms with E-state index >= 15 is 0 Å². The number of carbonyl (C=O) groups excluding carboxylic acids is 1. The molecule has 4 heteroatoms. The molecule has 2 atom stereocenters. The first kappa shape index (κ1) is 13.9. The zero-order valence-electron chi connectivity index (χ0n) is 12.4. The van der Waals surface area contributed by atoms with Gasteiger partial charge in [0.1, 0.15) is 5.75 Å². The van der Waals surface area contributed by atoms with Crippen molar-refractivity contribution in [1.82, 2.24) is 5.43 Å². The Labute approximate surface area is 124 Å². The molecule has 2 aliphatic carbocycles. The highest BCUT2D eigenvalue weighted by atomic mass is 16.5. The van der Waals surface area contributed by atoms with Gasteiger partial charge >= 0.3 is 0 Å². The van der Waals surface area contributed by atoms with E-state index in [9.17, 15) is 4.79 Å². The molecular weight excluding hydrogens is 264 g/mol. The summed E-state index contributed by atoms with van der Waals surface area (Å²) in [4.78, 5) is 12.0. The molecule has 1 saturated carbocycles. The predicted molar refractivity (Wildman–Crippen MR) is 82.5 cm³/mol. The Balaban J connectivity index is 1.57. The number of hydrogen-bond acceptors (Lipinski definition) is 3. The largest absolute Gasteiger partial charge is 0.491 e. The molecule has 0 unspecified atom stereocenters. The van der Waals surface area contributed by atoms with E-state index < -0.39 is 0 Å². The molecule has 0 saturated heterocycles. The monoisotopic (exact) mass is 284 g/mol. The van der Waals surface area contributed by atoms with Crippen LogP contribution in [0.4, 0.5) is 0 Å². The summed E-state index contributed by atoms with van der Waals surface area (Å²) in [6, 6.07) is 7.13. The molecule has 1 fully saturated rings. The Kier molecular flexibility index (Phi) is 3.78. The van der Waals surface area contributed by atoms with Crippen LogP contribution in [0.2, 0.25) is 0 Å². The Morgan fingerprint density at radius 2 is 2.10 bits per heavy atom. The van der Waals surface area contributed by atoms with Gasteiger partial charge in [0.2, 0.25) is 0 Å². The maximum atomic E-state index is 12.0. The second-order valence-electron chi connectivity index (χ2n) is 5.87. The number of nitrogens with one attached hydrogen (secondary N) is 1. The van der Waals surface area contributed by atoms with Gasteiger partial charge in [-0.3, -0.25) is 4.79 Å². The first-order chi connectivity index (χ1) is 10.1. The lowest BCUT2D eigenvalue weighted by Crippen LogP contribution is -2.35. The second-order valence-corrected chi connectivity index (χ2v) is 5.87. The molecule has 4 nitrogen and oxygen atoms in total. The van der Waals surface area contributed by atoms with Crippen LogP contribution in [0.5, 0.6) is 5.75 Å². The summed E-state index contributed by atoms with van der Waals surface area (Å²) in [7, 11) is 0. The normalized spacial score (nSPS) is 24.8. The number of benzene rings is 1. The summed E-state index contributed by atoms with van der Waals surface area (Å²) in [6.07, 6.45) is 6.61. The Morgan fingerprint density at radius 1 is 1.33 bits per heavy atom. The van der Waals surface area contributed by atoms with E-state index in [0.717, 1.165) is 24.3 Å². The fourth-order valence-corrected chi connectivity index (χ4v) is 2.81. The molecule has 0 heterocycles. The van der Waals surface area contributed by atoms with Gasteiger partial charge in [0, 0.05) is 17.2 Å². The van der Waals surface area contributed by atoms with Crippen LogP contribution < -0.4 is 10.2 Å². The molecule has 0 aromatic heterocycles. The standard InChI is InChI=1S/C17H20N2O2/c1-11(2)21-14-8-6-12(7-9-14)17(20)19-18-16-10-13-4-3-5-15(13)16/h3-4,6-9,11,13,15H,5,10H2,1-2H3,(H,19,20)/b18-16-/t13-,15+/m1/s1. The molecule has 1 aromatic rings. The Hall–Kier alpha value is -2.10. The fraction of sp³-hybridized carbons (Fsp3) is 0.412. The van der Waals surface area contributed by atoms with Gasteiger partial charge in [0.25, 0.3) is 5.91 Å². The summed E-state index contributed by atoms with van der Waals surface area (Å²) in [5.74, 6) is 1.76. The molecule has 0 radical (unpaired) electrons. The third-order valence-electron chi connectivity index (χ3n) is 3.95. The third-order valence-corrected chi connectivity index (χ3v) is 3.95. The summed E-state index contributed by atoms with van der Waals surface area (Å²) >= 11 is 0. The highest BCUT2D eigenvalue weighted by molar-refractivity contribution is 5.98. The Morgan fingerprint density at radius 3 is 2.76 bits per heavy atom. The summed E-state index contributed by atoms with van der Waals surface area (Å²) < 4.78 is 5.55. The van der Waals surface area contributed by atoms with Crippen LogP contribution in [0.3, 0.4) is 0 Å². The highest BCUT2D eigenvalue weighted by Crippen LogP contribution is 2.40. The van der Waals surface area contributed by atoms with Crippen molar-refractivity contribution in [2.24, 2.45) is 16.9 Å². The van der Waals surface area contributed by atoms with Gasteiger partial charge in [-0.15, -0.1) is 0 Å². The number of hydrogen-bond donors (Lipinski definition) is 1. The van der Waals surface area contributed by atoms with Gasteiger partial charge in [0.05, 0.1) is 6.10 Å². The van der Waals surface area contributed by atoms with E-state index in [2.05, 4.69) is 22.7 Å². The van der Waals surface area contributed by atoms with Gasteiger partial charge in [-0.25, -0.2) is 5.43 Å². The number of amides is 1. The summed E-state index contributed by atoms with van der Waals surface area (Å²) in [6.45, 7) is 3.95. The molecule has 1 aromatic carbocycles. The molecule has 21 heavy (non-hydrogen) atoms. The van der Waals surface area contributed by atoms with Gasteiger partial charge in [-0.2, -0.15) is 5.10 Å². The predicted octanol–water partition coefficient (Wildman–Crippen LogP) is 3.16. The van der Waals surface area contributed by atoms with Crippen LogP contribution >= 0.6 is 0 Å². The lowest BCUT2D eigenvalue weighted by atomic mass is 9.74. The van der Waals surface area contributed by atoms with E-state index in [1.807, 2.05) is 26.0 Å². The lowest BCUT2D eigenvalue weighted by molar-refractivity contribution is 0.0954. The van der Waals surface area contributed by atoms with E-state index in [1.165, 1.54) is 0 Å². The van der Waals surface area contributed by atoms with Crippen LogP contribution in [0.25, 0.3) is 0 Å². The van der Waals surface area contributed by atoms with E-state index in [0.29, 0.717) is 17.4 Å². The molecule has 110 valence electrons. The number of nitrogens with zero attached hydrogens (tertiary/aromatic N) is 1. The highest BCUT2D eigenvalue weighted by Gasteiger charge is 2.37. The molecule has 0 spiro atoms. The number of ether oxygens (including phenoxy) is 1. The number of rotatable bonds is 4. The minimum atomic E-state index is -0.173. The van der Waals surface area contributed by atoms with Crippen LogP contribution in [-0.2, 0) is 0 Å².